The Hall–Kier alpha value is -0.480. The Morgan fingerprint density at radius 3 is 2.80 bits per heavy atom. The molecule has 1 aliphatic heterocycles. The summed E-state index contributed by atoms with van der Waals surface area (Å²) in [5, 5.41) is 3.12. The predicted octanol–water partition coefficient (Wildman–Crippen LogP) is 3.29. The van der Waals surface area contributed by atoms with Gasteiger partial charge in [0.2, 0.25) is 0 Å². The number of hydrogen-bond acceptors (Lipinski definition) is 3. The van der Waals surface area contributed by atoms with Gasteiger partial charge in [-0.05, 0) is 29.7 Å². The van der Waals surface area contributed by atoms with Crippen molar-refractivity contribution in [3.8, 4) is 0 Å². The van der Waals surface area contributed by atoms with Gasteiger partial charge in [0.25, 0.3) is 0 Å². The van der Waals surface area contributed by atoms with Gasteiger partial charge >= 0.3 is 0 Å². The lowest BCUT2D eigenvalue weighted by atomic mass is 10.1. The van der Waals surface area contributed by atoms with Gasteiger partial charge in [0, 0.05) is 10.6 Å². The van der Waals surface area contributed by atoms with Crippen molar-refractivity contribution in [2.24, 2.45) is 10.7 Å². The highest BCUT2D eigenvalue weighted by molar-refractivity contribution is 8.02. The Balaban J connectivity index is 2.41. The van der Waals surface area contributed by atoms with Gasteiger partial charge in [-0.15, -0.1) is 0 Å². The van der Waals surface area contributed by atoms with E-state index >= 15 is 0 Å². The zero-order valence-electron chi connectivity index (χ0n) is 7.65. The van der Waals surface area contributed by atoms with Crippen LogP contribution in [0.5, 0.6) is 0 Å². The van der Waals surface area contributed by atoms with E-state index < -0.39 is 0 Å². The van der Waals surface area contributed by atoms with E-state index in [1.54, 1.807) is 12.1 Å². The third kappa shape index (κ3) is 2.55. The largest absolute Gasteiger partial charge is 0.301 e. The average molecular weight is 259 g/mol. The number of nitrogens with zero attached hydrogens (tertiary/aromatic N) is 1. The molecule has 1 unspecified atom stereocenters. The van der Waals surface area contributed by atoms with Gasteiger partial charge in [0.1, 0.15) is 5.50 Å². The number of benzene rings is 1. The summed E-state index contributed by atoms with van der Waals surface area (Å²) in [5.41, 5.74) is 7.09. The van der Waals surface area contributed by atoms with Crippen LogP contribution in [0.3, 0.4) is 0 Å². The second kappa shape index (κ2) is 4.58. The van der Waals surface area contributed by atoms with Gasteiger partial charge in [0.05, 0.1) is 10.7 Å². The summed E-state index contributed by atoms with van der Waals surface area (Å²) in [4.78, 5) is 4.29. The van der Waals surface area contributed by atoms with Crippen LogP contribution in [0.15, 0.2) is 34.7 Å². The smallest absolute Gasteiger partial charge is 0.149 e. The molecule has 1 aromatic carbocycles. The molecule has 0 aliphatic carbocycles. The van der Waals surface area contributed by atoms with Crippen LogP contribution in [0.25, 0.3) is 0 Å². The zero-order valence-corrected chi connectivity index (χ0v) is 9.98. The number of nitrogens with two attached hydrogens (primary N) is 1. The van der Waals surface area contributed by atoms with Crippen LogP contribution >= 0.6 is 35.0 Å². The Bertz CT molecular complexity index is 443. The number of thioether (sulfide) groups is 1. The quantitative estimate of drug-likeness (QED) is 0.840. The lowest BCUT2D eigenvalue weighted by molar-refractivity contribution is 0.991. The Kier molecular flexibility index (Phi) is 3.36. The van der Waals surface area contributed by atoms with Crippen molar-refractivity contribution in [2.45, 2.75) is 5.50 Å². The van der Waals surface area contributed by atoms with E-state index in [0.717, 1.165) is 11.3 Å². The first-order chi connectivity index (χ1) is 7.16. The molecule has 0 amide bonds. The van der Waals surface area contributed by atoms with Crippen molar-refractivity contribution in [1.82, 2.24) is 0 Å². The molecule has 0 aromatic heterocycles. The standard InChI is InChI=1S/C10H8Cl2N2S/c11-6-1-2-7(8(12)5-6)9-3-4-15-10(13)14-9/h1-5,10H,13H2. The summed E-state index contributed by atoms with van der Waals surface area (Å²) in [7, 11) is 0. The first kappa shape index (κ1) is 11.0. The summed E-state index contributed by atoms with van der Waals surface area (Å²) in [5.74, 6) is 0. The molecule has 0 saturated heterocycles. The minimum Gasteiger partial charge on any atom is -0.301 e. The molecule has 0 saturated carbocycles. The van der Waals surface area contributed by atoms with Crippen molar-refractivity contribution in [1.29, 1.82) is 0 Å². The van der Waals surface area contributed by atoms with E-state index in [1.165, 1.54) is 11.8 Å². The second-order valence-corrected chi connectivity index (χ2v) is 4.84. The monoisotopic (exact) mass is 258 g/mol. The molecule has 15 heavy (non-hydrogen) atoms. The van der Waals surface area contributed by atoms with Crippen molar-refractivity contribution in [3.63, 3.8) is 0 Å². The van der Waals surface area contributed by atoms with E-state index in [1.807, 2.05) is 17.6 Å². The maximum Gasteiger partial charge on any atom is 0.149 e. The highest BCUT2D eigenvalue weighted by atomic mass is 35.5. The van der Waals surface area contributed by atoms with E-state index in [0.29, 0.717) is 10.0 Å². The fraction of sp³-hybridized carbons (Fsp3) is 0.100. The van der Waals surface area contributed by atoms with Crippen molar-refractivity contribution < 1.29 is 0 Å². The van der Waals surface area contributed by atoms with Crippen LogP contribution in [0, 0.1) is 0 Å². The van der Waals surface area contributed by atoms with E-state index in [-0.39, 0.29) is 5.50 Å². The summed E-state index contributed by atoms with van der Waals surface area (Å²) in [6.45, 7) is 0. The van der Waals surface area contributed by atoms with Crippen molar-refractivity contribution >= 4 is 40.7 Å². The van der Waals surface area contributed by atoms with E-state index in [2.05, 4.69) is 4.99 Å². The maximum absolute atomic E-state index is 6.06. The summed E-state index contributed by atoms with van der Waals surface area (Å²) >= 11 is 13.3. The van der Waals surface area contributed by atoms with Crippen LogP contribution in [-0.4, -0.2) is 11.2 Å². The van der Waals surface area contributed by atoms with Gasteiger partial charge < -0.3 is 5.73 Å². The van der Waals surface area contributed by atoms with E-state index in [9.17, 15) is 0 Å². The van der Waals surface area contributed by atoms with Crippen molar-refractivity contribution in [2.75, 3.05) is 0 Å². The fourth-order valence-corrected chi connectivity index (χ4v) is 2.30. The summed E-state index contributed by atoms with van der Waals surface area (Å²) in [6, 6.07) is 5.32. The van der Waals surface area contributed by atoms with Gasteiger partial charge in [-0.1, -0.05) is 35.0 Å². The van der Waals surface area contributed by atoms with Gasteiger partial charge in [-0.2, -0.15) is 0 Å². The Morgan fingerprint density at radius 2 is 2.13 bits per heavy atom. The van der Waals surface area contributed by atoms with Gasteiger partial charge in [0.15, 0.2) is 0 Å². The van der Waals surface area contributed by atoms with Crippen LogP contribution in [-0.2, 0) is 0 Å². The molecular formula is C10H8Cl2N2S. The minimum absolute atomic E-state index is 0.253. The average Bonchev–Trinajstić information content (AvgIpc) is 2.17. The summed E-state index contributed by atoms with van der Waals surface area (Å²) in [6.07, 6.45) is 1.89. The predicted molar refractivity (Wildman–Crippen MR) is 67.7 cm³/mol. The number of allylic oxidation sites excluding steroid dienone is 1. The lowest BCUT2D eigenvalue weighted by Crippen LogP contribution is -2.17. The molecule has 5 heteroatoms. The van der Waals surface area contributed by atoms with Gasteiger partial charge in [-0.25, -0.2) is 0 Å². The van der Waals surface area contributed by atoms with Crippen molar-refractivity contribution in [3.05, 3.63) is 45.3 Å². The first-order valence-electron chi connectivity index (χ1n) is 4.27. The number of aliphatic imine (C=N–C) groups is 1. The van der Waals surface area contributed by atoms with Crippen LogP contribution in [0.1, 0.15) is 5.56 Å². The van der Waals surface area contributed by atoms with Crippen LogP contribution in [0.4, 0.5) is 0 Å². The molecule has 0 bridgehead atoms. The first-order valence-corrected chi connectivity index (χ1v) is 5.97. The third-order valence-corrected chi connectivity index (χ3v) is 3.14. The minimum atomic E-state index is -0.253. The number of rotatable bonds is 1. The molecule has 78 valence electrons. The van der Waals surface area contributed by atoms with Crippen LogP contribution in [0.2, 0.25) is 10.0 Å². The molecule has 1 heterocycles. The zero-order chi connectivity index (χ0) is 10.8. The number of hydrogen-bond donors (Lipinski definition) is 1. The molecule has 1 aliphatic rings. The molecule has 2 nitrogen and oxygen atoms in total. The lowest BCUT2D eigenvalue weighted by Gasteiger charge is -2.12. The van der Waals surface area contributed by atoms with Crippen LogP contribution < -0.4 is 5.73 Å². The molecular weight excluding hydrogens is 251 g/mol. The molecule has 2 N–H and O–H groups in total. The third-order valence-electron chi connectivity index (χ3n) is 1.92. The highest BCUT2D eigenvalue weighted by Crippen LogP contribution is 2.25. The topological polar surface area (TPSA) is 38.4 Å². The molecule has 1 atom stereocenters. The fourth-order valence-electron chi connectivity index (χ4n) is 1.25. The Morgan fingerprint density at radius 1 is 1.33 bits per heavy atom. The maximum atomic E-state index is 6.06. The second-order valence-electron chi connectivity index (χ2n) is 2.97. The molecule has 2 rings (SSSR count). The Labute approximate surface area is 102 Å². The normalized spacial score (nSPS) is 20.2. The van der Waals surface area contributed by atoms with Gasteiger partial charge in [-0.3, -0.25) is 4.99 Å². The molecule has 0 fully saturated rings. The highest BCUT2D eigenvalue weighted by Gasteiger charge is 2.11. The molecule has 0 radical (unpaired) electrons. The SMILES string of the molecule is NC1N=C(c2ccc(Cl)cc2Cl)C=CS1. The number of halogens is 2. The molecule has 0 spiro atoms. The summed E-state index contributed by atoms with van der Waals surface area (Å²) < 4.78 is 0. The van der Waals surface area contributed by atoms with E-state index in [4.69, 9.17) is 28.9 Å². The molecule has 1 aromatic rings.